The summed E-state index contributed by atoms with van der Waals surface area (Å²) < 4.78 is 6.22. The Kier molecular flexibility index (Phi) is 7.15. The Hall–Kier alpha value is -3.71. The minimum absolute atomic E-state index is 0.00813. The van der Waals surface area contributed by atoms with Crippen LogP contribution in [0.4, 0.5) is 0 Å². The van der Waals surface area contributed by atoms with Gasteiger partial charge in [-0.25, -0.2) is 0 Å². The molecule has 4 aliphatic rings. The number of phenolic OH excluding ortho intramolecular Hbond substituents is 1. The van der Waals surface area contributed by atoms with Crippen LogP contribution in [0.5, 0.6) is 5.75 Å². The zero-order valence-corrected chi connectivity index (χ0v) is 24.4. The molecule has 228 valence electrons. The molecule has 3 aliphatic carbocycles. The molecule has 2 heterocycles. The minimum Gasteiger partial charge on any atom is -0.507 e. The van der Waals surface area contributed by atoms with E-state index in [1.807, 2.05) is 12.1 Å². The molecule has 6 atom stereocenters. The van der Waals surface area contributed by atoms with Crippen molar-refractivity contribution in [2.45, 2.75) is 31.0 Å². The lowest BCUT2D eigenvalue weighted by Crippen LogP contribution is -2.74. The van der Waals surface area contributed by atoms with E-state index >= 15 is 0 Å². The van der Waals surface area contributed by atoms with Crippen LogP contribution in [0.1, 0.15) is 28.1 Å². The topological polar surface area (TPSA) is 175 Å². The van der Waals surface area contributed by atoms with Gasteiger partial charge in [-0.1, -0.05) is 0 Å². The zero-order chi connectivity index (χ0) is 31.0. The molecule has 1 amide bonds. The Morgan fingerprint density at radius 2 is 1.77 bits per heavy atom. The molecule has 0 bridgehead atoms. The average Bonchev–Trinajstić information content (AvgIpc) is 3.40. The third-order valence-electron chi connectivity index (χ3n) is 9.85. The maximum absolute atomic E-state index is 14.0. The zero-order valence-electron chi connectivity index (χ0n) is 24.4. The van der Waals surface area contributed by atoms with Crippen molar-refractivity contribution in [2.24, 2.45) is 29.4 Å². The molecule has 0 spiro atoms. The molecule has 2 unspecified atom stereocenters. The summed E-state index contributed by atoms with van der Waals surface area (Å²) in [5, 5.41) is 22.5. The van der Waals surface area contributed by atoms with E-state index in [1.165, 1.54) is 11.0 Å². The fraction of sp³-hybridized carbons (Fsp3) is 0.516. The van der Waals surface area contributed by atoms with Gasteiger partial charge in [0.05, 0.1) is 24.1 Å². The van der Waals surface area contributed by atoms with Gasteiger partial charge in [-0.2, -0.15) is 0 Å². The summed E-state index contributed by atoms with van der Waals surface area (Å²) in [5.41, 5.74) is 3.69. The lowest BCUT2D eigenvalue weighted by atomic mass is 9.52. The van der Waals surface area contributed by atoms with E-state index in [4.69, 9.17) is 10.2 Å². The number of amides is 1. The number of likely N-dealkylation sites (N-methyl/N-ethyl adjacent to an activating group) is 2. The van der Waals surface area contributed by atoms with Crippen LogP contribution >= 0.6 is 0 Å². The number of benzene rings is 1. The van der Waals surface area contributed by atoms with Gasteiger partial charge in [-0.05, 0) is 69.7 Å². The third kappa shape index (κ3) is 4.46. The monoisotopic (exact) mass is 592 g/mol. The predicted molar refractivity (Wildman–Crippen MR) is 152 cm³/mol. The van der Waals surface area contributed by atoms with E-state index in [1.54, 1.807) is 20.2 Å². The SMILES string of the molecule is CN1CCN(Cc2ccc(-c3ccc(O)c4c3C[C@H]3C[C@H]5[C@H](N(C)C)C(=O)C(C(N)=O)C(=O)[C@@]5(O)C(=O)C3C4=O)o2)CC1. The second-order valence-electron chi connectivity index (χ2n) is 12.6. The largest absolute Gasteiger partial charge is 0.507 e. The van der Waals surface area contributed by atoms with Crippen LogP contribution < -0.4 is 5.73 Å². The summed E-state index contributed by atoms with van der Waals surface area (Å²) >= 11 is 0. The maximum Gasteiger partial charge on any atom is 0.235 e. The molecular weight excluding hydrogens is 556 g/mol. The lowest BCUT2D eigenvalue weighted by molar-refractivity contribution is -0.181. The Balaban J connectivity index is 1.37. The summed E-state index contributed by atoms with van der Waals surface area (Å²) in [4.78, 5) is 72.8. The van der Waals surface area contributed by atoms with Crippen molar-refractivity contribution in [3.63, 3.8) is 0 Å². The molecule has 4 N–H and O–H groups in total. The first-order valence-electron chi connectivity index (χ1n) is 14.5. The minimum atomic E-state index is -2.75. The molecular formula is C31H36N4O8. The number of piperazine rings is 1. The van der Waals surface area contributed by atoms with Gasteiger partial charge < -0.3 is 25.3 Å². The van der Waals surface area contributed by atoms with Gasteiger partial charge in [-0.15, -0.1) is 0 Å². The number of nitrogens with zero attached hydrogens (tertiary/aromatic N) is 3. The summed E-state index contributed by atoms with van der Waals surface area (Å²) in [5.74, 6) is -9.40. The van der Waals surface area contributed by atoms with E-state index in [0.29, 0.717) is 23.4 Å². The number of primary amides is 1. The Morgan fingerprint density at radius 1 is 1.07 bits per heavy atom. The van der Waals surface area contributed by atoms with Crippen LogP contribution in [0.25, 0.3) is 11.3 Å². The normalized spacial score (nSPS) is 31.6. The fourth-order valence-electron chi connectivity index (χ4n) is 7.67. The summed E-state index contributed by atoms with van der Waals surface area (Å²) in [6, 6.07) is 5.61. The Bertz CT molecular complexity index is 1540. The Morgan fingerprint density at radius 3 is 2.42 bits per heavy atom. The molecule has 12 heteroatoms. The summed E-state index contributed by atoms with van der Waals surface area (Å²) in [6.07, 6.45) is 0.163. The number of hydrogen-bond donors (Lipinski definition) is 3. The lowest BCUT2D eigenvalue weighted by Gasteiger charge is -2.52. The van der Waals surface area contributed by atoms with Gasteiger partial charge in [0.1, 0.15) is 17.3 Å². The number of furan rings is 1. The van der Waals surface area contributed by atoms with Crippen molar-refractivity contribution in [3.8, 4) is 17.1 Å². The summed E-state index contributed by atoms with van der Waals surface area (Å²) in [7, 11) is 5.20. The number of carbonyl (C=O) groups excluding carboxylic acids is 5. The molecule has 3 fully saturated rings. The van der Waals surface area contributed by atoms with Crippen molar-refractivity contribution in [2.75, 3.05) is 47.3 Å². The summed E-state index contributed by atoms with van der Waals surface area (Å²) in [6.45, 7) is 4.40. The highest BCUT2D eigenvalue weighted by molar-refractivity contribution is 6.32. The van der Waals surface area contributed by atoms with Gasteiger partial charge in [0.15, 0.2) is 34.7 Å². The molecule has 1 aromatic heterocycles. The fourth-order valence-corrected chi connectivity index (χ4v) is 7.67. The first-order chi connectivity index (χ1) is 20.3. The number of ketones is 4. The Labute approximate surface area is 248 Å². The number of hydrogen-bond acceptors (Lipinski definition) is 11. The van der Waals surface area contributed by atoms with Crippen LogP contribution in [0.15, 0.2) is 28.7 Å². The number of phenols is 1. The smallest absolute Gasteiger partial charge is 0.235 e. The molecule has 1 aromatic carbocycles. The molecule has 12 nitrogen and oxygen atoms in total. The molecule has 43 heavy (non-hydrogen) atoms. The highest BCUT2D eigenvalue weighted by Crippen LogP contribution is 2.51. The third-order valence-corrected chi connectivity index (χ3v) is 9.85. The van der Waals surface area contributed by atoms with Crippen molar-refractivity contribution < 1.29 is 38.6 Å². The molecule has 2 aromatic rings. The van der Waals surface area contributed by atoms with Gasteiger partial charge in [-0.3, -0.25) is 33.8 Å². The first-order valence-corrected chi connectivity index (χ1v) is 14.5. The van der Waals surface area contributed by atoms with Crippen LogP contribution in [0, 0.1) is 23.7 Å². The van der Waals surface area contributed by atoms with E-state index in [9.17, 15) is 34.2 Å². The van der Waals surface area contributed by atoms with Crippen LogP contribution in [0.3, 0.4) is 0 Å². The number of aliphatic hydroxyl groups is 1. The van der Waals surface area contributed by atoms with E-state index in [0.717, 1.165) is 31.9 Å². The second-order valence-corrected chi connectivity index (χ2v) is 12.6. The maximum atomic E-state index is 14.0. The number of nitrogens with two attached hydrogens (primary N) is 1. The number of fused-ring (bicyclic) bond motifs is 3. The average molecular weight is 593 g/mol. The highest BCUT2D eigenvalue weighted by Gasteiger charge is 2.69. The van der Waals surface area contributed by atoms with Gasteiger partial charge >= 0.3 is 0 Å². The van der Waals surface area contributed by atoms with Crippen LogP contribution in [0.2, 0.25) is 0 Å². The first kappa shape index (κ1) is 29.4. The van der Waals surface area contributed by atoms with E-state index in [-0.39, 0.29) is 24.2 Å². The van der Waals surface area contributed by atoms with Gasteiger partial charge in [0.2, 0.25) is 5.91 Å². The molecule has 1 aliphatic heterocycles. The van der Waals surface area contributed by atoms with Crippen molar-refractivity contribution in [3.05, 3.63) is 41.2 Å². The molecule has 0 radical (unpaired) electrons. The van der Waals surface area contributed by atoms with Gasteiger partial charge in [0, 0.05) is 37.7 Å². The number of carbonyl (C=O) groups is 5. The number of rotatable bonds is 5. The van der Waals surface area contributed by atoms with Crippen molar-refractivity contribution in [1.29, 1.82) is 0 Å². The van der Waals surface area contributed by atoms with Crippen molar-refractivity contribution >= 4 is 29.0 Å². The van der Waals surface area contributed by atoms with Crippen LogP contribution in [-0.4, -0.2) is 113 Å². The molecule has 6 rings (SSSR count). The predicted octanol–water partition coefficient (Wildman–Crippen LogP) is -0.126. The van der Waals surface area contributed by atoms with Gasteiger partial charge in [0.25, 0.3) is 0 Å². The van der Waals surface area contributed by atoms with E-state index < -0.39 is 64.4 Å². The quantitative estimate of drug-likeness (QED) is 0.395. The highest BCUT2D eigenvalue weighted by atomic mass is 16.3. The second kappa shape index (κ2) is 10.5. The standard InChI is InChI=1S/C31H36N4O8/c1-33(2)25-19-13-15-12-18-17(21-7-4-16(43-21)14-35-10-8-34(3)9-11-35)5-6-20(36)23(18)26(37)22(15)28(39)31(19,42)29(40)24(27(25)38)30(32)41/h4-7,15,19,22,24-25,36,42H,8-14H2,1-3H3,(H2,32,41)/t15-,19-,22?,24?,25-,31-/m0/s1. The van der Waals surface area contributed by atoms with Crippen molar-refractivity contribution in [1.82, 2.24) is 14.7 Å². The number of Topliss-reactive ketones (excluding diaryl/α,β-unsaturated/α-hetero) is 4. The van der Waals surface area contributed by atoms with E-state index in [2.05, 4.69) is 16.8 Å². The van der Waals surface area contributed by atoms with Crippen LogP contribution in [-0.2, 0) is 32.1 Å². The number of aromatic hydroxyl groups is 1. The molecule has 2 saturated carbocycles. The molecule has 1 saturated heterocycles.